The number of methoxy groups -OCH3 is 1. The molecule has 0 aliphatic carbocycles. The quantitative estimate of drug-likeness (QED) is 0.297. The van der Waals surface area contributed by atoms with Crippen molar-refractivity contribution >= 4 is 28.9 Å². The molecule has 2 unspecified atom stereocenters. The van der Waals surface area contributed by atoms with E-state index in [0.29, 0.717) is 23.1 Å². The molecule has 0 bridgehead atoms. The minimum atomic E-state index is -0.170. The first-order valence-electron chi connectivity index (χ1n) is 12.9. The van der Waals surface area contributed by atoms with E-state index in [9.17, 15) is 4.79 Å². The van der Waals surface area contributed by atoms with E-state index in [1.807, 2.05) is 61.7 Å². The molecule has 4 aromatic rings. The van der Waals surface area contributed by atoms with Gasteiger partial charge < -0.3 is 24.8 Å². The number of pyridine rings is 2. The number of carbonyl (C=O) groups excluding carboxylic acids is 1. The van der Waals surface area contributed by atoms with Gasteiger partial charge in [0.2, 0.25) is 5.91 Å². The summed E-state index contributed by atoms with van der Waals surface area (Å²) in [5, 5.41) is 7.05. The Kier molecular flexibility index (Phi) is 7.60. The van der Waals surface area contributed by atoms with Crippen LogP contribution in [0.25, 0.3) is 5.82 Å². The molecule has 0 saturated carbocycles. The van der Waals surface area contributed by atoms with E-state index in [-0.39, 0.29) is 24.4 Å². The highest BCUT2D eigenvalue weighted by Gasteiger charge is 2.41. The SMILES string of the molecule is COc1ccccc1NC(=O)CCN1C(=S)NC(c2ccccn2)C1c1cc(C)n(-c2ccc(C)cn2)c1C. The van der Waals surface area contributed by atoms with Gasteiger partial charge in [0, 0.05) is 36.7 Å². The van der Waals surface area contributed by atoms with E-state index < -0.39 is 0 Å². The highest BCUT2D eigenvalue weighted by molar-refractivity contribution is 7.80. The Morgan fingerprint density at radius 1 is 1.08 bits per heavy atom. The number of aryl methyl sites for hydroxylation is 2. The summed E-state index contributed by atoms with van der Waals surface area (Å²) in [4.78, 5) is 24.4. The fourth-order valence-corrected chi connectivity index (χ4v) is 5.53. The maximum absolute atomic E-state index is 13.0. The van der Waals surface area contributed by atoms with Crippen LogP contribution in [0.5, 0.6) is 5.75 Å². The number of amides is 1. The Morgan fingerprint density at radius 2 is 1.87 bits per heavy atom. The van der Waals surface area contributed by atoms with Crippen molar-refractivity contribution in [2.75, 3.05) is 19.0 Å². The lowest BCUT2D eigenvalue weighted by molar-refractivity contribution is -0.116. The molecule has 0 spiro atoms. The van der Waals surface area contributed by atoms with Gasteiger partial charge in [0.25, 0.3) is 0 Å². The molecule has 9 heteroatoms. The van der Waals surface area contributed by atoms with Gasteiger partial charge in [-0.1, -0.05) is 24.3 Å². The van der Waals surface area contributed by atoms with Crippen molar-refractivity contribution in [1.29, 1.82) is 0 Å². The van der Waals surface area contributed by atoms with Crippen LogP contribution in [0.2, 0.25) is 0 Å². The first kappa shape index (κ1) is 26.4. The number of benzene rings is 1. The predicted octanol–water partition coefficient (Wildman–Crippen LogP) is 5.20. The number of ether oxygens (including phenoxy) is 1. The molecule has 1 aliphatic heterocycles. The Labute approximate surface area is 234 Å². The Balaban J connectivity index is 1.46. The fraction of sp³-hybridized carbons (Fsp3) is 0.267. The molecule has 1 amide bonds. The highest BCUT2D eigenvalue weighted by atomic mass is 32.1. The molecular formula is C30H32N6O2S. The lowest BCUT2D eigenvalue weighted by Crippen LogP contribution is -2.33. The predicted molar refractivity (Wildman–Crippen MR) is 156 cm³/mol. The highest BCUT2D eigenvalue weighted by Crippen LogP contribution is 2.41. The first-order chi connectivity index (χ1) is 18.9. The number of hydrogen-bond acceptors (Lipinski definition) is 5. The molecule has 1 saturated heterocycles. The molecule has 39 heavy (non-hydrogen) atoms. The maximum Gasteiger partial charge on any atom is 0.226 e. The second-order valence-corrected chi connectivity index (χ2v) is 10.1. The van der Waals surface area contributed by atoms with Crippen LogP contribution in [0.3, 0.4) is 0 Å². The van der Waals surface area contributed by atoms with Crippen molar-refractivity contribution in [3.05, 3.63) is 101 Å². The second kappa shape index (κ2) is 11.2. The van der Waals surface area contributed by atoms with Crippen LogP contribution in [0, 0.1) is 20.8 Å². The zero-order chi connectivity index (χ0) is 27.5. The van der Waals surface area contributed by atoms with Crippen molar-refractivity contribution in [1.82, 2.24) is 24.8 Å². The van der Waals surface area contributed by atoms with Crippen LogP contribution >= 0.6 is 12.2 Å². The van der Waals surface area contributed by atoms with Crippen molar-refractivity contribution in [3.8, 4) is 11.6 Å². The van der Waals surface area contributed by atoms with Gasteiger partial charge in [-0.25, -0.2) is 4.98 Å². The molecule has 5 rings (SSSR count). The zero-order valence-electron chi connectivity index (χ0n) is 22.5. The summed E-state index contributed by atoms with van der Waals surface area (Å²) < 4.78 is 7.54. The summed E-state index contributed by atoms with van der Waals surface area (Å²) in [5.74, 6) is 1.37. The van der Waals surface area contributed by atoms with Crippen molar-refractivity contribution in [3.63, 3.8) is 0 Å². The number of carbonyl (C=O) groups is 1. The maximum atomic E-state index is 13.0. The number of nitrogens with one attached hydrogen (secondary N) is 2. The normalized spacial score (nSPS) is 16.7. The average Bonchev–Trinajstić information content (AvgIpc) is 3.43. The van der Waals surface area contributed by atoms with Gasteiger partial charge in [0.05, 0.1) is 30.6 Å². The lowest BCUT2D eigenvalue weighted by Gasteiger charge is -2.28. The van der Waals surface area contributed by atoms with Crippen LogP contribution in [0.15, 0.2) is 73.1 Å². The fourth-order valence-electron chi connectivity index (χ4n) is 5.20. The first-order valence-corrected chi connectivity index (χ1v) is 13.3. The van der Waals surface area contributed by atoms with Crippen LogP contribution in [0.4, 0.5) is 5.69 Å². The van der Waals surface area contributed by atoms with Gasteiger partial charge in [-0.05, 0) is 80.5 Å². The summed E-state index contributed by atoms with van der Waals surface area (Å²) in [6.45, 7) is 6.65. The molecule has 1 aliphatic rings. The molecule has 2 N–H and O–H groups in total. The summed E-state index contributed by atoms with van der Waals surface area (Å²) >= 11 is 5.82. The number of hydrogen-bond donors (Lipinski definition) is 2. The van der Waals surface area contributed by atoms with Gasteiger partial charge in [-0.2, -0.15) is 0 Å². The number of thiocarbonyl (C=S) groups is 1. The van der Waals surface area contributed by atoms with Gasteiger partial charge in [0.1, 0.15) is 11.6 Å². The summed E-state index contributed by atoms with van der Waals surface area (Å²) in [6, 6.07) is 19.2. The lowest BCUT2D eigenvalue weighted by atomic mass is 9.96. The minimum absolute atomic E-state index is 0.114. The number of anilines is 1. The van der Waals surface area contributed by atoms with Crippen LogP contribution in [-0.2, 0) is 4.79 Å². The van der Waals surface area contributed by atoms with Crippen molar-refractivity contribution in [2.45, 2.75) is 39.3 Å². The molecule has 2 atom stereocenters. The molecule has 4 heterocycles. The Morgan fingerprint density at radius 3 is 2.59 bits per heavy atom. The molecule has 1 aromatic carbocycles. The van der Waals surface area contributed by atoms with E-state index in [1.54, 1.807) is 13.3 Å². The van der Waals surface area contributed by atoms with E-state index in [1.165, 1.54) is 0 Å². The van der Waals surface area contributed by atoms with Crippen molar-refractivity contribution < 1.29 is 9.53 Å². The van der Waals surface area contributed by atoms with Gasteiger partial charge in [0.15, 0.2) is 5.11 Å². The van der Waals surface area contributed by atoms with Crippen molar-refractivity contribution in [2.24, 2.45) is 0 Å². The summed E-state index contributed by atoms with van der Waals surface area (Å²) in [5.41, 5.74) is 5.91. The third kappa shape index (κ3) is 5.35. The molecule has 8 nitrogen and oxygen atoms in total. The third-order valence-electron chi connectivity index (χ3n) is 7.07. The average molecular weight is 541 g/mol. The molecule has 1 fully saturated rings. The zero-order valence-corrected chi connectivity index (χ0v) is 23.3. The molecule has 200 valence electrons. The topological polar surface area (TPSA) is 84.3 Å². The number of para-hydroxylation sites is 2. The standard InChI is InChI=1S/C30H32N6O2S/c1-19-12-13-26(32-18-19)36-20(2)17-22(21(36)3)29-28(24-10-7-8-15-31-24)34-30(39)35(29)16-14-27(37)33-23-9-5-6-11-25(23)38-4/h5-13,15,17-18,28-29H,14,16H2,1-4H3,(H,33,37)(H,34,39). The minimum Gasteiger partial charge on any atom is -0.495 e. The smallest absolute Gasteiger partial charge is 0.226 e. The van der Waals surface area contributed by atoms with Crippen LogP contribution < -0.4 is 15.4 Å². The summed E-state index contributed by atoms with van der Waals surface area (Å²) in [7, 11) is 1.59. The Bertz CT molecular complexity index is 1490. The molecular weight excluding hydrogens is 508 g/mol. The van der Waals surface area contributed by atoms with E-state index in [4.69, 9.17) is 17.0 Å². The van der Waals surface area contributed by atoms with E-state index >= 15 is 0 Å². The van der Waals surface area contributed by atoms with Gasteiger partial charge in [-0.3, -0.25) is 9.78 Å². The second-order valence-electron chi connectivity index (χ2n) is 9.67. The molecule has 0 radical (unpaired) electrons. The van der Waals surface area contributed by atoms with E-state index in [2.05, 4.69) is 56.0 Å². The number of nitrogens with zero attached hydrogens (tertiary/aromatic N) is 4. The molecule has 3 aromatic heterocycles. The number of aromatic nitrogens is 3. The largest absolute Gasteiger partial charge is 0.495 e. The Hall–Kier alpha value is -4.24. The van der Waals surface area contributed by atoms with E-state index in [0.717, 1.165) is 34.0 Å². The van der Waals surface area contributed by atoms with Gasteiger partial charge >= 0.3 is 0 Å². The van der Waals surface area contributed by atoms with Crippen LogP contribution in [-0.4, -0.2) is 44.1 Å². The summed E-state index contributed by atoms with van der Waals surface area (Å²) in [6.07, 6.45) is 3.92. The van der Waals surface area contributed by atoms with Gasteiger partial charge in [-0.15, -0.1) is 0 Å². The number of rotatable bonds is 8. The third-order valence-corrected chi connectivity index (χ3v) is 7.42. The monoisotopic (exact) mass is 540 g/mol. The van der Waals surface area contributed by atoms with Crippen LogP contribution in [0.1, 0.15) is 46.7 Å².